The maximum absolute atomic E-state index is 5.58. The predicted molar refractivity (Wildman–Crippen MR) is 69.6 cm³/mol. The Hall–Kier alpha value is -1.36. The van der Waals surface area contributed by atoms with Gasteiger partial charge in [0.05, 0.1) is 7.11 Å². The Balaban J connectivity index is 1.88. The fraction of sp³-hybridized carbons (Fsp3) is 0.467. The van der Waals surface area contributed by atoms with Crippen LogP contribution >= 0.6 is 0 Å². The Morgan fingerprint density at radius 1 is 1.00 bits per heavy atom. The van der Waals surface area contributed by atoms with E-state index in [1.165, 1.54) is 6.42 Å². The van der Waals surface area contributed by atoms with Crippen LogP contribution in [0.3, 0.4) is 0 Å². The molecule has 102 valence electrons. The third-order valence-corrected chi connectivity index (χ3v) is 3.93. The molecule has 3 rings (SSSR count). The normalized spacial score (nSPS) is 28.1. The second kappa shape index (κ2) is 4.63. The zero-order chi connectivity index (χ0) is 13.3. The maximum Gasteiger partial charge on any atom is 0.246 e. The standard InChI is InChI=1S/C15H18O4/c1-16-13-6-4-12(5-7-13)15(17-2)11-10-14(18-19-15)8-3-9-14/h4-7,10-11H,3,8-9H2,1-2H3/t15-/m0/s1. The molecule has 0 radical (unpaired) electrons. The predicted octanol–water partition coefficient (Wildman–Crippen LogP) is 2.94. The minimum atomic E-state index is -0.965. The van der Waals surface area contributed by atoms with Crippen molar-refractivity contribution < 1.29 is 19.2 Å². The minimum Gasteiger partial charge on any atom is -0.497 e. The molecule has 0 saturated heterocycles. The molecule has 0 unspecified atom stereocenters. The van der Waals surface area contributed by atoms with Gasteiger partial charge in [0.2, 0.25) is 5.79 Å². The minimum absolute atomic E-state index is 0.228. The van der Waals surface area contributed by atoms with Gasteiger partial charge in [0, 0.05) is 12.7 Å². The van der Waals surface area contributed by atoms with Crippen LogP contribution < -0.4 is 4.74 Å². The third kappa shape index (κ3) is 2.06. The number of hydrogen-bond donors (Lipinski definition) is 0. The summed E-state index contributed by atoms with van der Waals surface area (Å²) in [6.07, 6.45) is 7.19. The summed E-state index contributed by atoms with van der Waals surface area (Å²) < 4.78 is 10.7. The lowest BCUT2D eigenvalue weighted by Crippen LogP contribution is -2.46. The molecule has 1 aromatic carbocycles. The van der Waals surface area contributed by atoms with Gasteiger partial charge in [0.25, 0.3) is 0 Å². The van der Waals surface area contributed by atoms with Crippen LogP contribution in [0.15, 0.2) is 36.4 Å². The topological polar surface area (TPSA) is 36.9 Å². The molecule has 0 amide bonds. The van der Waals surface area contributed by atoms with E-state index in [9.17, 15) is 0 Å². The molecular weight excluding hydrogens is 244 g/mol. The van der Waals surface area contributed by atoms with Crippen molar-refractivity contribution in [3.63, 3.8) is 0 Å². The van der Waals surface area contributed by atoms with Gasteiger partial charge in [-0.05, 0) is 55.7 Å². The van der Waals surface area contributed by atoms with Gasteiger partial charge in [-0.1, -0.05) is 0 Å². The van der Waals surface area contributed by atoms with Gasteiger partial charge in [-0.25, -0.2) is 4.89 Å². The van der Waals surface area contributed by atoms with Crippen LogP contribution in [0.5, 0.6) is 5.75 Å². The lowest BCUT2D eigenvalue weighted by molar-refractivity contribution is -0.465. The van der Waals surface area contributed by atoms with E-state index in [4.69, 9.17) is 19.2 Å². The third-order valence-electron chi connectivity index (χ3n) is 3.93. The van der Waals surface area contributed by atoms with E-state index in [0.717, 1.165) is 24.2 Å². The lowest BCUT2D eigenvalue weighted by atomic mass is 9.79. The van der Waals surface area contributed by atoms with Gasteiger partial charge < -0.3 is 9.47 Å². The Kier molecular flexibility index (Phi) is 3.09. The number of hydrogen-bond acceptors (Lipinski definition) is 4. The molecule has 1 atom stereocenters. The molecule has 1 aromatic rings. The van der Waals surface area contributed by atoms with E-state index in [0.29, 0.717) is 0 Å². The summed E-state index contributed by atoms with van der Waals surface area (Å²) >= 11 is 0. The van der Waals surface area contributed by atoms with Crippen LogP contribution in [0.1, 0.15) is 24.8 Å². The Bertz CT molecular complexity index is 475. The molecule has 1 fully saturated rings. The van der Waals surface area contributed by atoms with Crippen LogP contribution in [0.4, 0.5) is 0 Å². The van der Waals surface area contributed by atoms with Crippen LogP contribution in [0.2, 0.25) is 0 Å². The van der Waals surface area contributed by atoms with Crippen LogP contribution in [0.25, 0.3) is 0 Å². The van der Waals surface area contributed by atoms with E-state index >= 15 is 0 Å². The van der Waals surface area contributed by atoms with Crippen LogP contribution in [-0.2, 0) is 20.3 Å². The molecule has 1 aliphatic carbocycles. The first kappa shape index (κ1) is 12.7. The van der Waals surface area contributed by atoms with Gasteiger partial charge in [0.1, 0.15) is 11.4 Å². The van der Waals surface area contributed by atoms with Crippen molar-refractivity contribution in [1.29, 1.82) is 0 Å². The number of benzene rings is 1. The van der Waals surface area contributed by atoms with Crippen molar-refractivity contribution in [1.82, 2.24) is 0 Å². The monoisotopic (exact) mass is 262 g/mol. The highest BCUT2D eigenvalue weighted by Gasteiger charge is 2.46. The molecule has 1 spiro atoms. The zero-order valence-electron chi connectivity index (χ0n) is 11.2. The van der Waals surface area contributed by atoms with Gasteiger partial charge >= 0.3 is 0 Å². The molecule has 0 N–H and O–H groups in total. The SMILES string of the molecule is COc1ccc([C@]2(OC)C=CC3(CCC3)OO2)cc1. The van der Waals surface area contributed by atoms with E-state index in [1.54, 1.807) is 14.2 Å². The van der Waals surface area contributed by atoms with E-state index in [2.05, 4.69) is 6.08 Å². The van der Waals surface area contributed by atoms with Crippen molar-refractivity contribution in [2.75, 3.05) is 14.2 Å². The van der Waals surface area contributed by atoms with Crippen LogP contribution in [0, 0.1) is 0 Å². The van der Waals surface area contributed by atoms with E-state index < -0.39 is 5.79 Å². The number of ether oxygens (including phenoxy) is 2. The molecule has 0 bridgehead atoms. The Morgan fingerprint density at radius 2 is 1.74 bits per heavy atom. The summed E-state index contributed by atoms with van der Waals surface area (Å²) in [7, 11) is 3.25. The average molecular weight is 262 g/mol. The largest absolute Gasteiger partial charge is 0.497 e. The highest BCUT2D eigenvalue weighted by Crippen LogP contribution is 2.44. The summed E-state index contributed by atoms with van der Waals surface area (Å²) in [6, 6.07) is 7.58. The first-order valence-corrected chi connectivity index (χ1v) is 6.49. The molecule has 2 aliphatic rings. The van der Waals surface area contributed by atoms with Crippen molar-refractivity contribution in [3.05, 3.63) is 42.0 Å². The molecule has 4 nitrogen and oxygen atoms in total. The first-order chi connectivity index (χ1) is 9.22. The van der Waals surface area contributed by atoms with Crippen molar-refractivity contribution >= 4 is 0 Å². The zero-order valence-corrected chi connectivity index (χ0v) is 11.2. The molecule has 1 aliphatic heterocycles. The van der Waals surface area contributed by atoms with Gasteiger partial charge in [-0.15, -0.1) is 0 Å². The van der Waals surface area contributed by atoms with E-state index in [1.807, 2.05) is 30.3 Å². The van der Waals surface area contributed by atoms with E-state index in [-0.39, 0.29) is 5.60 Å². The maximum atomic E-state index is 5.58. The van der Waals surface area contributed by atoms with Crippen molar-refractivity contribution in [3.8, 4) is 5.75 Å². The second-order valence-corrected chi connectivity index (χ2v) is 5.02. The van der Waals surface area contributed by atoms with Crippen molar-refractivity contribution in [2.45, 2.75) is 30.7 Å². The Morgan fingerprint density at radius 3 is 2.16 bits per heavy atom. The summed E-state index contributed by atoms with van der Waals surface area (Å²) in [5.41, 5.74) is 0.648. The fourth-order valence-corrected chi connectivity index (χ4v) is 2.42. The van der Waals surface area contributed by atoms with Crippen molar-refractivity contribution in [2.24, 2.45) is 0 Å². The highest BCUT2D eigenvalue weighted by atomic mass is 17.2. The lowest BCUT2D eigenvalue weighted by Gasteiger charge is -2.44. The fourth-order valence-electron chi connectivity index (χ4n) is 2.42. The summed E-state index contributed by atoms with van der Waals surface area (Å²) in [5, 5.41) is 0. The van der Waals surface area contributed by atoms with Gasteiger partial charge in [-0.2, -0.15) is 4.89 Å². The molecule has 19 heavy (non-hydrogen) atoms. The first-order valence-electron chi connectivity index (χ1n) is 6.49. The molecule has 1 saturated carbocycles. The van der Waals surface area contributed by atoms with Gasteiger partial charge in [0.15, 0.2) is 0 Å². The molecule has 4 heteroatoms. The summed E-state index contributed by atoms with van der Waals surface area (Å²) in [5.74, 6) is -0.168. The molecular formula is C15H18O4. The Labute approximate surface area is 112 Å². The number of rotatable bonds is 3. The highest BCUT2D eigenvalue weighted by molar-refractivity contribution is 5.33. The average Bonchev–Trinajstić information content (AvgIpc) is 2.46. The smallest absolute Gasteiger partial charge is 0.246 e. The summed E-state index contributed by atoms with van der Waals surface area (Å²) in [6.45, 7) is 0. The van der Waals surface area contributed by atoms with Gasteiger partial charge in [-0.3, -0.25) is 0 Å². The second-order valence-electron chi connectivity index (χ2n) is 5.02. The molecule has 0 aromatic heterocycles. The molecule has 1 heterocycles. The van der Waals surface area contributed by atoms with Crippen LogP contribution in [-0.4, -0.2) is 19.8 Å². The summed E-state index contributed by atoms with van der Waals surface area (Å²) in [4.78, 5) is 11.2. The number of methoxy groups -OCH3 is 2. The quantitative estimate of drug-likeness (QED) is 0.620.